The summed E-state index contributed by atoms with van der Waals surface area (Å²) in [4.78, 5) is 35.6. The number of hydrogen-bond acceptors (Lipinski definition) is 5. The van der Waals surface area contributed by atoms with E-state index in [0.717, 1.165) is 22.3 Å². The van der Waals surface area contributed by atoms with Crippen LogP contribution in [0.15, 0.2) is 66.7 Å². The molecule has 3 aromatic rings. The lowest BCUT2D eigenvalue weighted by atomic mass is 9.98. The second-order valence-corrected chi connectivity index (χ2v) is 8.45. The Bertz CT molecular complexity index is 1230. The molecular weight excluding hydrogens is 472 g/mol. The second kappa shape index (κ2) is 10.6. The van der Waals surface area contributed by atoms with E-state index in [9.17, 15) is 19.5 Å². The predicted octanol–water partition coefficient (Wildman–Crippen LogP) is 4.27. The van der Waals surface area contributed by atoms with E-state index < -0.39 is 24.1 Å². The van der Waals surface area contributed by atoms with Gasteiger partial charge in [-0.1, -0.05) is 60.1 Å². The van der Waals surface area contributed by atoms with Gasteiger partial charge in [0.15, 0.2) is 6.10 Å². The van der Waals surface area contributed by atoms with Crippen molar-refractivity contribution < 1.29 is 29.3 Å². The summed E-state index contributed by atoms with van der Waals surface area (Å²) in [5, 5.41) is 23.3. The molecule has 3 aromatic carbocycles. The van der Waals surface area contributed by atoms with Crippen LogP contribution < -0.4 is 10.6 Å². The van der Waals surface area contributed by atoms with E-state index in [4.69, 9.17) is 21.4 Å². The van der Waals surface area contributed by atoms with Crippen molar-refractivity contribution in [3.63, 3.8) is 0 Å². The first-order valence-corrected chi connectivity index (χ1v) is 11.3. The first kappa shape index (κ1) is 24.3. The molecule has 0 unspecified atom stereocenters. The van der Waals surface area contributed by atoms with E-state index in [-0.39, 0.29) is 41.8 Å². The summed E-state index contributed by atoms with van der Waals surface area (Å²) < 4.78 is 5.52. The number of carboxylic acids is 1. The van der Waals surface area contributed by atoms with E-state index in [0.29, 0.717) is 0 Å². The maximum atomic E-state index is 12.6. The van der Waals surface area contributed by atoms with Crippen LogP contribution in [0.25, 0.3) is 11.1 Å². The molecule has 0 fully saturated rings. The molecule has 0 bridgehead atoms. The lowest BCUT2D eigenvalue weighted by Crippen LogP contribution is -2.30. The molecule has 1 aliphatic carbocycles. The fraction of sp³-hybridized carbons (Fsp3) is 0.192. The highest BCUT2D eigenvalue weighted by atomic mass is 35.5. The number of carbonyl (C=O) groups is 3. The Labute approximate surface area is 206 Å². The molecule has 4 N–H and O–H groups in total. The van der Waals surface area contributed by atoms with Gasteiger partial charge in [0.2, 0.25) is 0 Å². The summed E-state index contributed by atoms with van der Waals surface area (Å²) in [6.07, 6.45) is -2.42. The van der Waals surface area contributed by atoms with Gasteiger partial charge in [-0.15, -0.1) is 0 Å². The van der Waals surface area contributed by atoms with Gasteiger partial charge < -0.3 is 20.3 Å². The van der Waals surface area contributed by atoms with Crippen LogP contribution in [0.2, 0.25) is 5.02 Å². The third-order valence-corrected chi connectivity index (χ3v) is 6.13. The minimum Gasteiger partial charge on any atom is -0.479 e. The van der Waals surface area contributed by atoms with E-state index >= 15 is 0 Å². The van der Waals surface area contributed by atoms with Crippen molar-refractivity contribution in [2.45, 2.75) is 18.4 Å². The first-order chi connectivity index (χ1) is 16.8. The fourth-order valence-corrected chi connectivity index (χ4v) is 4.22. The number of anilines is 1. The monoisotopic (exact) mass is 494 g/mol. The molecule has 0 radical (unpaired) electrons. The predicted molar refractivity (Wildman–Crippen MR) is 131 cm³/mol. The van der Waals surface area contributed by atoms with Crippen LogP contribution in [0.5, 0.6) is 0 Å². The third kappa shape index (κ3) is 5.45. The molecule has 180 valence electrons. The van der Waals surface area contributed by atoms with Gasteiger partial charge in [0.25, 0.3) is 5.91 Å². The van der Waals surface area contributed by atoms with E-state index in [2.05, 4.69) is 10.6 Å². The van der Waals surface area contributed by atoms with Gasteiger partial charge in [-0.2, -0.15) is 0 Å². The lowest BCUT2D eigenvalue weighted by molar-refractivity contribution is -0.146. The number of hydrogen-bond donors (Lipinski definition) is 4. The summed E-state index contributed by atoms with van der Waals surface area (Å²) in [7, 11) is 0. The highest BCUT2D eigenvalue weighted by molar-refractivity contribution is 6.33. The summed E-state index contributed by atoms with van der Waals surface area (Å²) in [5.41, 5.74) is 4.82. The van der Waals surface area contributed by atoms with Gasteiger partial charge in [0.1, 0.15) is 6.61 Å². The standard InChI is InChI=1S/C26H23ClN2O6/c27-21-10-9-15(24(31)28-12-11-23(30)25(32)33)13-22(21)29-26(34)35-14-20-18-7-3-1-5-16(18)17-6-2-4-8-19(17)20/h1-10,13,20,23,30H,11-12,14H2,(H,28,31)(H,29,34)(H,32,33)/t23-/m0/s1. The van der Waals surface area contributed by atoms with Gasteiger partial charge in [0, 0.05) is 24.4 Å². The Kier molecular flexibility index (Phi) is 7.33. The van der Waals surface area contributed by atoms with Crippen molar-refractivity contribution in [3.8, 4) is 11.1 Å². The summed E-state index contributed by atoms with van der Waals surface area (Å²) in [5.74, 6) is -1.96. The van der Waals surface area contributed by atoms with Crippen molar-refractivity contribution in [1.82, 2.24) is 5.32 Å². The van der Waals surface area contributed by atoms with E-state index in [1.165, 1.54) is 18.2 Å². The summed E-state index contributed by atoms with van der Waals surface area (Å²) in [6.45, 7) is 0.0909. The van der Waals surface area contributed by atoms with Crippen LogP contribution >= 0.6 is 11.6 Å². The highest BCUT2D eigenvalue weighted by Gasteiger charge is 2.29. The van der Waals surface area contributed by atoms with Gasteiger partial charge in [0.05, 0.1) is 10.7 Å². The van der Waals surface area contributed by atoms with Crippen LogP contribution in [0.4, 0.5) is 10.5 Å². The van der Waals surface area contributed by atoms with Crippen LogP contribution in [0.3, 0.4) is 0 Å². The Balaban J connectivity index is 1.38. The Morgan fingerprint density at radius 1 is 0.971 bits per heavy atom. The molecule has 8 nitrogen and oxygen atoms in total. The average Bonchev–Trinajstić information content (AvgIpc) is 3.17. The Morgan fingerprint density at radius 3 is 2.23 bits per heavy atom. The third-order valence-electron chi connectivity index (χ3n) is 5.80. The summed E-state index contributed by atoms with van der Waals surface area (Å²) in [6, 6.07) is 20.3. The number of rotatable bonds is 8. The van der Waals surface area contributed by atoms with E-state index in [1.54, 1.807) is 0 Å². The number of aliphatic hydroxyl groups is 1. The molecule has 2 amide bonds. The van der Waals surface area contributed by atoms with Crippen LogP contribution in [-0.2, 0) is 9.53 Å². The zero-order valence-electron chi connectivity index (χ0n) is 18.5. The van der Waals surface area contributed by atoms with Gasteiger partial charge in [-0.3, -0.25) is 10.1 Å². The zero-order valence-corrected chi connectivity index (χ0v) is 19.3. The number of benzene rings is 3. The number of fused-ring (bicyclic) bond motifs is 3. The number of halogens is 1. The molecule has 4 rings (SSSR count). The summed E-state index contributed by atoms with van der Waals surface area (Å²) >= 11 is 6.19. The Morgan fingerprint density at radius 2 is 1.60 bits per heavy atom. The number of aliphatic carboxylic acids is 1. The minimum absolute atomic E-state index is 0.0376. The molecule has 0 saturated carbocycles. The van der Waals surface area contributed by atoms with Crippen molar-refractivity contribution in [3.05, 3.63) is 88.4 Å². The number of carbonyl (C=O) groups excluding carboxylic acids is 2. The lowest BCUT2D eigenvalue weighted by Gasteiger charge is -2.15. The molecule has 0 heterocycles. The van der Waals surface area contributed by atoms with Crippen molar-refractivity contribution in [2.24, 2.45) is 0 Å². The van der Waals surface area contributed by atoms with Crippen LogP contribution in [-0.4, -0.2) is 47.4 Å². The molecule has 0 saturated heterocycles. The number of ether oxygens (including phenoxy) is 1. The van der Waals surface area contributed by atoms with Gasteiger partial charge >= 0.3 is 12.1 Å². The Hall–Kier alpha value is -3.88. The average molecular weight is 495 g/mol. The second-order valence-electron chi connectivity index (χ2n) is 8.04. The normalized spacial score (nSPS) is 12.9. The number of amides is 2. The zero-order chi connectivity index (χ0) is 24.9. The highest BCUT2D eigenvalue weighted by Crippen LogP contribution is 2.44. The largest absolute Gasteiger partial charge is 0.479 e. The number of carboxylic acid groups (broad SMARTS) is 1. The van der Waals surface area contributed by atoms with Crippen molar-refractivity contribution in [1.29, 1.82) is 0 Å². The van der Waals surface area contributed by atoms with Crippen molar-refractivity contribution in [2.75, 3.05) is 18.5 Å². The molecule has 0 spiro atoms. The number of nitrogens with one attached hydrogen (secondary N) is 2. The number of aliphatic hydroxyl groups excluding tert-OH is 1. The maximum Gasteiger partial charge on any atom is 0.411 e. The molecule has 0 aliphatic heterocycles. The molecule has 35 heavy (non-hydrogen) atoms. The van der Waals surface area contributed by atoms with Gasteiger partial charge in [-0.05, 0) is 40.5 Å². The van der Waals surface area contributed by atoms with Crippen molar-refractivity contribution >= 4 is 35.3 Å². The molecular formula is C26H23ClN2O6. The topological polar surface area (TPSA) is 125 Å². The molecule has 0 aromatic heterocycles. The van der Waals surface area contributed by atoms with E-state index in [1.807, 2.05) is 48.5 Å². The minimum atomic E-state index is -1.56. The SMILES string of the molecule is O=C(Nc1cc(C(=O)NCC[C@H](O)C(=O)O)ccc1Cl)OCC1c2ccccc2-c2ccccc21. The maximum absolute atomic E-state index is 12.6. The molecule has 1 atom stereocenters. The first-order valence-electron chi connectivity index (χ1n) is 11.0. The van der Waals surface area contributed by atoms with Gasteiger partial charge in [-0.25, -0.2) is 9.59 Å². The molecule has 1 aliphatic rings. The smallest absolute Gasteiger partial charge is 0.411 e. The quantitative estimate of drug-likeness (QED) is 0.370. The van der Waals surface area contributed by atoms with Crippen LogP contribution in [0.1, 0.15) is 33.8 Å². The molecule has 9 heteroatoms. The van der Waals surface area contributed by atoms with Crippen LogP contribution in [0, 0.1) is 0 Å². The fourth-order valence-electron chi connectivity index (χ4n) is 4.05.